The summed E-state index contributed by atoms with van der Waals surface area (Å²) < 4.78 is 5.23. The fraction of sp³-hybridized carbons (Fsp3) is 0.417. The first-order valence-electron chi connectivity index (χ1n) is 10.8. The van der Waals surface area contributed by atoms with E-state index in [2.05, 4.69) is 5.32 Å². The minimum absolute atomic E-state index is 0.0190. The number of nitrogens with one attached hydrogen (secondary N) is 1. The van der Waals surface area contributed by atoms with Gasteiger partial charge in [0.25, 0.3) is 5.91 Å². The highest BCUT2D eigenvalue weighted by atomic mass is 35.5. The summed E-state index contributed by atoms with van der Waals surface area (Å²) in [7, 11) is 0. The fourth-order valence-corrected chi connectivity index (χ4v) is 5.16. The molecule has 1 saturated carbocycles. The molecule has 2 aliphatic rings. The molecule has 0 unspecified atom stereocenters. The Hall–Kier alpha value is -2.24. The van der Waals surface area contributed by atoms with Gasteiger partial charge in [0.15, 0.2) is 0 Å². The van der Waals surface area contributed by atoms with Crippen LogP contribution in [0.5, 0.6) is 0 Å². The van der Waals surface area contributed by atoms with Crippen LogP contribution in [0.3, 0.4) is 0 Å². The quantitative estimate of drug-likeness (QED) is 0.563. The largest absolute Gasteiger partial charge is 0.444 e. The lowest BCUT2D eigenvalue weighted by atomic mass is 9.78. The number of rotatable bonds is 4. The third-order valence-electron chi connectivity index (χ3n) is 6.27. The van der Waals surface area contributed by atoms with Crippen molar-refractivity contribution < 1.29 is 14.3 Å². The second-order valence-electron chi connectivity index (χ2n) is 8.24. The molecular formula is C24H26Cl2N2O3. The average Bonchev–Trinajstić information content (AvgIpc) is 2.78. The summed E-state index contributed by atoms with van der Waals surface area (Å²) in [6, 6.07) is 12.5. The van der Waals surface area contributed by atoms with E-state index in [-0.39, 0.29) is 12.5 Å². The number of carbonyl (C=O) groups excluding carboxylic acids is 2. The summed E-state index contributed by atoms with van der Waals surface area (Å²) in [4.78, 5) is 27.4. The van der Waals surface area contributed by atoms with Crippen LogP contribution in [0.25, 0.3) is 0 Å². The predicted octanol–water partition coefficient (Wildman–Crippen LogP) is 6.54. The van der Waals surface area contributed by atoms with Crippen LogP contribution >= 0.6 is 23.2 Å². The van der Waals surface area contributed by atoms with Gasteiger partial charge in [0, 0.05) is 28.9 Å². The van der Waals surface area contributed by atoms with Crippen LogP contribution in [0.1, 0.15) is 54.4 Å². The zero-order chi connectivity index (χ0) is 21.8. The zero-order valence-corrected chi connectivity index (χ0v) is 18.8. The molecule has 2 fully saturated rings. The minimum Gasteiger partial charge on any atom is -0.444 e. The van der Waals surface area contributed by atoms with Crippen LogP contribution in [-0.2, 0) is 11.3 Å². The number of amides is 2. The molecule has 0 radical (unpaired) electrons. The smallest absolute Gasteiger partial charge is 0.411 e. The van der Waals surface area contributed by atoms with E-state index in [4.69, 9.17) is 27.9 Å². The standard InChI is InChI=1S/C24H26Cl2N2O3/c25-20-9-3-1-7-17(20)15-31-24(30)27-18-11-12-19(21(26)14-18)23(29)28-13-5-8-16-6-2-4-10-22(16)28/h1,3,7,9,11-12,14,16,22H,2,4-6,8,10,13,15H2,(H,27,30)/t16-,22-/m1/s1. The van der Waals surface area contributed by atoms with Gasteiger partial charge in [-0.25, -0.2) is 4.79 Å². The topological polar surface area (TPSA) is 58.6 Å². The van der Waals surface area contributed by atoms with E-state index in [1.165, 1.54) is 25.7 Å². The molecule has 1 aliphatic heterocycles. The van der Waals surface area contributed by atoms with Crippen molar-refractivity contribution in [3.05, 3.63) is 63.6 Å². The molecule has 2 aromatic rings. The first-order chi connectivity index (χ1) is 15.0. The molecule has 4 rings (SSSR count). The van der Waals surface area contributed by atoms with Crippen molar-refractivity contribution in [2.45, 2.75) is 51.2 Å². The number of halogens is 2. The maximum absolute atomic E-state index is 13.2. The second kappa shape index (κ2) is 9.92. The Morgan fingerprint density at radius 1 is 1.00 bits per heavy atom. The number of hydrogen-bond donors (Lipinski definition) is 1. The van der Waals surface area contributed by atoms with Gasteiger partial charge in [0.2, 0.25) is 0 Å². The molecule has 2 atom stereocenters. The lowest BCUT2D eigenvalue weighted by molar-refractivity contribution is 0.0391. The van der Waals surface area contributed by atoms with Gasteiger partial charge in [-0.15, -0.1) is 0 Å². The van der Waals surface area contributed by atoms with Gasteiger partial charge in [0.1, 0.15) is 6.61 Å². The molecule has 2 aromatic carbocycles. The van der Waals surface area contributed by atoms with Crippen LogP contribution in [-0.4, -0.2) is 29.5 Å². The number of anilines is 1. The van der Waals surface area contributed by atoms with E-state index in [0.717, 1.165) is 24.9 Å². The first kappa shape index (κ1) is 22.0. The molecule has 1 aliphatic carbocycles. The fourth-order valence-electron chi connectivity index (χ4n) is 4.71. The number of fused-ring (bicyclic) bond motifs is 1. The van der Waals surface area contributed by atoms with Gasteiger partial charge in [-0.05, 0) is 55.9 Å². The highest BCUT2D eigenvalue weighted by molar-refractivity contribution is 6.34. The summed E-state index contributed by atoms with van der Waals surface area (Å²) in [5, 5.41) is 3.52. The van der Waals surface area contributed by atoms with E-state index >= 15 is 0 Å². The maximum Gasteiger partial charge on any atom is 0.411 e. The highest BCUT2D eigenvalue weighted by Crippen LogP contribution is 2.36. The molecule has 1 N–H and O–H groups in total. The van der Waals surface area contributed by atoms with Gasteiger partial charge in [-0.2, -0.15) is 0 Å². The third kappa shape index (κ3) is 5.16. The van der Waals surface area contributed by atoms with Crippen LogP contribution < -0.4 is 5.32 Å². The van der Waals surface area contributed by atoms with Crippen molar-refractivity contribution in [1.29, 1.82) is 0 Å². The van der Waals surface area contributed by atoms with Crippen LogP contribution in [0.2, 0.25) is 10.0 Å². The normalized spacial score (nSPS) is 20.6. The Bertz CT molecular complexity index is 964. The monoisotopic (exact) mass is 460 g/mol. The summed E-state index contributed by atoms with van der Waals surface area (Å²) >= 11 is 12.5. The van der Waals surface area contributed by atoms with Gasteiger partial charge in [0.05, 0.1) is 10.6 Å². The lowest BCUT2D eigenvalue weighted by Gasteiger charge is -2.44. The third-order valence-corrected chi connectivity index (χ3v) is 6.95. The van der Waals surface area contributed by atoms with Gasteiger partial charge >= 0.3 is 6.09 Å². The molecule has 2 amide bonds. The Morgan fingerprint density at radius 2 is 1.77 bits per heavy atom. The molecular weight excluding hydrogens is 435 g/mol. The second-order valence-corrected chi connectivity index (χ2v) is 9.05. The molecule has 0 aromatic heterocycles. The molecule has 1 saturated heterocycles. The first-order valence-corrected chi connectivity index (χ1v) is 11.6. The van der Waals surface area contributed by atoms with Crippen molar-refractivity contribution in [1.82, 2.24) is 4.90 Å². The highest BCUT2D eigenvalue weighted by Gasteiger charge is 2.36. The number of likely N-dealkylation sites (tertiary alicyclic amines) is 1. The van der Waals surface area contributed by atoms with Crippen LogP contribution in [0.4, 0.5) is 10.5 Å². The van der Waals surface area contributed by atoms with Crippen LogP contribution in [0, 0.1) is 5.92 Å². The van der Waals surface area contributed by atoms with Crippen molar-refractivity contribution in [2.75, 3.05) is 11.9 Å². The maximum atomic E-state index is 13.2. The molecule has 1 heterocycles. The number of ether oxygens (including phenoxy) is 1. The number of benzene rings is 2. The molecule has 0 bridgehead atoms. The van der Waals surface area contributed by atoms with E-state index < -0.39 is 6.09 Å². The molecule has 164 valence electrons. The van der Waals surface area contributed by atoms with E-state index in [1.807, 2.05) is 17.0 Å². The number of hydrogen-bond acceptors (Lipinski definition) is 3. The van der Waals surface area contributed by atoms with Crippen LogP contribution in [0.15, 0.2) is 42.5 Å². The summed E-state index contributed by atoms with van der Waals surface area (Å²) in [5.74, 6) is 0.591. The van der Waals surface area contributed by atoms with Crippen molar-refractivity contribution in [3.63, 3.8) is 0 Å². The lowest BCUT2D eigenvalue weighted by Crippen LogP contribution is -2.49. The van der Waals surface area contributed by atoms with Crippen molar-refractivity contribution >= 4 is 40.9 Å². The summed E-state index contributed by atoms with van der Waals surface area (Å²) in [5.41, 5.74) is 1.67. The van der Waals surface area contributed by atoms with Gasteiger partial charge in [-0.1, -0.05) is 54.2 Å². The minimum atomic E-state index is -0.615. The van der Waals surface area contributed by atoms with Gasteiger partial charge in [-0.3, -0.25) is 10.1 Å². The Morgan fingerprint density at radius 3 is 2.58 bits per heavy atom. The Balaban J connectivity index is 1.39. The van der Waals surface area contributed by atoms with Gasteiger partial charge < -0.3 is 9.64 Å². The van der Waals surface area contributed by atoms with Crippen molar-refractivity contribution in [2.24, 2.45) is 5.92 Å². The predicted molar refractivity (Wildman–Crippen MR) is 123 cm³/mol. The number of carbonyl (C=O) groups is 2. The molecule has 0 spiro atoms. The SMILES string of the molecule is O=C(Nc1ccc(C(=O)N2CCC[C@H]3CCCC[C@H]32)c(Cl)c1)OCc1ccccc1Cl. The number of nitrogens with zero attached hydrogens (tertiary/aromatic N) is 1. The molecule has 7 heteroatoms. The Labute approximate surface area is 192 Å². The van der Waals surface area contributed by atoms with E-state index in [9.17, 15) is 9.59 Å². The molecule has 31 heavy (non-hydrogen) atoms. The Kier molecular flexibility index (Phi) is 7.03. The summed E-state index contributed by atoms with van der Waals surface area (Å²) in [6.07, 6.45) is 6.36. The van der Waals surface area contributed by atoms with E-state index in [0.29, 0.717) is 33.3 Å². The zero-order valence-electron chi connectivity index (χ0n) is 17.3. The van der Waals surface area contributed by atoms with E-state index in [1.54, 1.807) is 30.3 Å². The molecule has 5 nitrogen and oxygen atoms in total. The average molecular weight is 461 g/mol. The van der Waals surface area contributed by atoms with Crippen molar-refractivity contribution in [3.8, 4) is 0 Å². The number of piperidine rings is 1. The summed E-state index contributed by atoms with van der Waals surface area (Å²) in [6.45, 7) is 0.845.